The molecule has 1 fully saturated rings. The van der Waals surface area contributed by atoms with Gasteiger partial charge in [0.15, 0.2) is 0 Å². The molecule has 2 aliphatic carbocycles. The second kappa shape index (κ2) is 9.36. The molecule has 6 nitrogen and oxygen atoms in total. The molecule has 3 aromatic carbocycles. The van der Waals surface area contributed by atoms with Gasteiger partial charge in [-0.15, -0.1) is 0 Å². The Morgan fingerprint density at radius 3 is 2.58 bits per heavy atom. The number of benzene rings is 3. The van der Waals surface area contributed by atoms with Gasteiger partial charge in [0.2, 0.25) is 5.82 Å². The molecule has 1 aromatic heterocycles. The molecule has 2 N–H and O–H groups in total. The average Bonchev–Trinajstić information content (AvgIpc) is 3.36. The fourth-order valence-corrected chi connectivity index (χ4v) is 5.56. The molecular weight excluding hydrogens is 450 g/mol. The smallest absolute Gasteiger partial charge is 0.306 e. The van der Waals surface area contributed by atoms with Gasteiger partial charge in [-0.3, -0.25) is 4.79 Å². The van der Waals surface area contributed by atoms with Crippen molar-refractivity contribution in [3.05, 3.63) is 83.4 Å². The van der Waals surface area contributed by atoms with Crippen LogP contribution in [0.2, 0.25) is 0 Å². The van der Waals surface area contributed by atoms with Gasteiger partial charge in [-0.05, 0) is 85.0 Å². The van der Waals surface area contributed by atoms with Crippen molar-refractivity contribution in [2.75, 3.05) is 0 Å². The van der Waals surface area contributed by atoms with Crippen LogP contribution in [0.5, 0.6) is 0 Å². The summed E-state index contributed by atoms with van der Waals surface area (Å²) in [7, 11) is 0. The maximum absolute atomic E-state index is 11.1. The molecule has 36 heavy (non-hydrogen) atoms. The molecule has 6 heteroatoms. The Kier molecular flexibility index (Phi) is 5.89. The van der Waals surface area contributed by atoms with E-state index in [9.17, 15) is 4.79 Å². The molecule has 0 radical (unpaired) electrons. The van der Waals surface area contributed by atoms with Gasteiger partial charge in [0.05, 0.1) is 5.92 Å². The van der Waals surface area contributed by atoms with Gasteiger partial charge < -0.3 is 14.9 Å². The van der Waals surface area contributed by atoms with Crippen LogP contribution in [0.1, 0.15) is 48.4 Å². The molecule has 0 aliphatic heterocycles. The number of carboxylic acid groups (broad SMARTS) is 1. The van der Waals surface area contributed by atoms with Crippen LogP contribution in [0.3, 0.4) is 0 Å². The Bertz CT molecular complexity index is 1410. The van der Waals surface area contributed by atoms with Crippen LogP contribution < -0.4 is 5.32 Å². The predicted molar refractivity (Wildman–Crippen MR) is 138 cm³/mol. The van der Waals surface area contributed by atoms with E-state index in [0.717, 1.165) is 48.8 Å². The lowest BCUT2D eigenvalue weighted by molar-refractivity contribution is -0.145. The zero-order valence-electron chi connectivity index (χ0n) is 20.3. The third-order valence-electron chi connectivity index (χ3n) is 7.62. The van der Waals surface area contributed by atoms with Crippen molar-refractivity contribution in [2.45, 2.75) is 51.1 Å². The minimum Gasteiger partial charge on any atom is -0.481 e. The van der Waals surface area contributed by atoms with Gasteiger partial charge in [0.25, 0.3) is 5.89 Å². The van der Waals surface area contributed by atoms with Crippen molar-refractivity contribution in [1.29, 1.82) is 0 Å². The number of fused-ring (bicyclic) bond motifs is 1. The van der Waals surface area contributed by atoms with Crippen molar-refractivity contribution in [3.63, 3.8) is 0 Å². The van der Waals surface area contributed by atoms with Crippen molar-refractivity contribution < 1.29 is 14.4 Å². The number of rotatable bonds is 6. The van der Waals surface area contributed by atoms with Crippen LogP contribution in [0, 0.1) is 12.8 Å². The zero-order chi connectivity index (χ0) is 24.6. The highest BCUT2D eigenvalue weighted by Gasteiger charge is 2.36. The van der Waals surface area contributed by atoms with Crippen LogP contribution >= 0.6 is 0 Å². The van der Waals surface area contributed by atoms with E-state index >= 15 is 0 Å². The monoisotopic (exact) mass is 479 g/mol. The molecule has 0 saturated heterocycles. The normalized spacial score (nSPS) is 21.0. The van der Waals surface area contributed by atoms with E-state index in [-0.39, 0.29) is 12.0 Å². The summed E-state index contributed by atoms with van der Waals surface area (Å²) in [5.74, 6) is 0.237. The Morgan fingerprint density at radius 1 is 1.00 bits per heavy atom. The summed E-state index contributed by atoms with van der Waals surface area (Å²) in [5.41, 5.74) is 8.02. The molecule has 2 aliphatic rings. The molecule has 1 atom stereocenters. The van der Waals surface area contributed by atoms with Gasteiger partial charge in [-0.2, -0.15) is 4.98 Å². The van der Waals surface area contributed by atoms with Gasteiger partial charge >= 0.3 is 5.97 Å². The van der Waals surface area contributed by atoms with E-state index in [2.05, 4.69) is 59.9 Å². The Labute approximate surface area is 210 Å². The SMILES string of the molecule is Cc1cc(-c2nc(-c3ccc4c(c3)CCC[C@@H]4N[C@H]3C[C@H](C(=O)O)C3)no2)ccc1-c1ccccc1. The summed E-state index contributed by atoms with van der Waals surface area (Å²) in [4.78, 5) is 15.8. The molecule has 0 unspecified atom stereocenters. The second-order valence-electron chi connectivity index (χ2n) is 10.0. The number of hydrogen-bond acceptors (Lipinski definition) is 5. The second-order valence-corrected chi connectivity index (χ2v) is 10.0. The van der Waals surface area contributed by atoms with Gasteiger partial charge in [-0.25, -0.2) is 0 Å². The van der Waals surface area contributed by atoms with Crippen LogP contribution in [-0.4, -0.2) is 27.3 Å². The number of nitrogens with one attached hydrogen (secondary N) is 1. The highest BCUT2D eigenvalue weighted by molar-refractivity contribution is 5.72. The zero-order valence-corrected chi connectivity index (χ0v) is 20.3. The van der Waals surface area contributed by atoms with Crippen LogP contribution in [0.15, 0.2) is 71.3 Å². The fraction of sp³-hybridized carbons (Fsp3) is 0.300. The van der Waals surface area contributed by atoms with E-state index in [1.165, 1.54) is 22.3 Å². The minimum absolute atomic E-state index is 0.196. The number of aromatic nitrogens is 2. The summed E-state index contributed by atoms with van der Waals surface area (Å²) in [6.45, 7) is 2.10. The molecule has 0 spiro atoms. The number of nitrogens with zero attached hydrogens (tertiary/aromatic N) is 2. The Hall–Kier alpha value is -3.77. The summed E-state index contributed by atoms with van der Waals surface area (Å²) in [5, 5.41) is 17.1. The first kappa shape index (κ1) is 22.7. The van der Waals surface area contributed by atoms with Crippen LogP contribution in [0.25, 0.3) is 34.0 Å². The van der Waals surface area contributed by atoms with Crippen LogP contribution in [-0.2, 0) is 11.2 Å². The first-order chi connectivity index (χ1) is 17.5. The van der Waals surface area contributed by atoms with Crippen molar-refractivity contribution in [2.24, 2.45) is 5.92 Å². The molecule has 182 valence electrons. The third-order valence-corrected chi connectivity index (χ3v) is 7.62. The summed E-state index contributed by atoms with van der Waals surface area (Å²) in [6.07, 6.45) is 4.64. The molecule has 1 heterocycles. The van der Waals surface area contributed by atoms with Crippen molar-refractivity contribution >= 4 is 5.97 Å². The van der Waals surface area contributed by atoms with Gasteiger partial charge in [0, 0.05) is 23.2 Å². The van der Waals surface area contributed by atoms with E-state index in [4.69, 9.17) is 14.6 Å². The standard InChI is InChI=1S/C30H29N3O3/c1-18-14-22(11-12-25(18)19-6-3-2-4-7-19)29-32-28(33-36-29)21-10-13-26-20(15-21)8-5-9-27(26)31-24-16-23(17-24)30(34)35/h2-4,6-7,10-15,23-24,27,31H,5,8-9,16-17H2,1H3,(H,34,35)/t23-,24-,27-/m0/s1. The lowest BCUT2D eigenvalue weighted by Gasteiger charge is -2.38. The topological polar surface area (TPSA) is 88.2 Å². The van der Waals surface area contributed by atoms with E-state index in [0.29, 0.717) is 17.8 Å². The van der Waals surface area contributed by atoms with Gasteiger partial charge in [-0.1, -0.05) is 53.7 Å². The highest BCUT2D eigenvalue weighted by atomic mass is 16.5. The lowest BCUT2D eigenvalue weighted by atomic mass is 9.78. The third kappa shape index (κ3) is 4.33. The van der Waals surface area contributed by atoms with Gasteiger partial charge in [0.1, 0.15) is 0 Å². The quantitative estimate of drug-likeness (QED) is 0.342. The molecule has 0 bridgehead atoms. The molecule has 4 aromatic rings. The average molecular weight is 480 g/mol. The minimum atomic E-state index is -0.677. The Balaban J connectivity index is 1.20. The van der Waals surface area contributed by atoms with Crippen molar-refractivity contribution in [3.8, 4) is 34.0 Å². The first-order valence-electron chi connectivity index (χ1n) is 12.7. The number of aryl methyl sites for hydroxylation is 2. The summed E-state index contributed by atoms with van der Waals surface area (Å²) in [6, 6.07) is 23.6. The van der Waals surface area contributed by atoms with E-state index < -0.39 is 5.97 Å². The number of hydrogen-bond donors (Lipinski definition) is 2. The summed E-state index contributed by atoms with van der Waals surface area (Å²) < 4.78 is 5.65. The predicted octanol–water partition coefficient (Wildman–Crippen LogP) is 6.21. The molecule has 1 saturated carbocycles. The van der Waals surface area contributed by atoms with E-state index in [1.54, 1.807) is 0 Å². The maximum atomic E-state index is 11.1. The fourth-order valence-electron chi connectivity index (χ4n) is 5.56. The van der Waals surface area contributed by atoms with Crippen molar-refractivity contribution in [1.82, 2.24) is 15.5 Å². The Morgan fingerprint density at radius 2 is 1.81 bits per heavy atom. The molecule has 6 rings (SSSR count). The largest absolute Gasteiger partial charge is 0.481 e. The number of aliphatic carboxylic acids is 1. The summed E-state index contributed by atoms with van der Waals surface area (Å²) >= 11 is 0. The lowest BCUT2D eigenvalue weighted by Crippen LogP contribution is -2.46. The number of carbonyl (C=O) groups is 1. The number of carboxylic acids is 1. The maximum Gasteiger partial charge on any atom is 0.306 e. The first-order valence-corrected chi connectivity index (χ1v) is 12.7. The molecular formula is C30H29N3O3. The molecule has 0 amide bonds. The van der Waals surface area contributed by atoms with E-state index in [1.807, 2.05) is 24.3 Å². The van der Waals surface area contributed by atoms with Crippen LogP contribution in [0.4, 0.5) is 0 Å². The highest BCUT2D eigenvalue weighted by Crippen LogP contribution is 2.36.